The molecule has 34 heavy (non-hydrogen) atoms. The largest absolute Gasteiger partial charge is 0.486 e. The predicted molar refractivity (Wildman–Crippen MR) is 125 cm³/mol. The van der Waals surface area contributed by atoms with E-state index in [0.29, 0.717) is 38.8 Å². The van der Waals surface area contributed by atoms with Crippen molar-refractivity contribution >= 4 is 21.8 Å². The van der Waals surface area contributed by atoms with E-state index in [4.69, 9.17) is 14.7 Å². The van der Waals surface area contributed by atoms with Gasteiger partial charge in [0.2, 0.25) is 0 Å². The summed E-state index contributed by atoms with van der Waals surface area (Å²) in [5.74, 6) is 1.36. The van der Waals surface area contributed by atoms with Gasteiger partial charge in [0.1, 0.15) is 29.4 Å². The van der Waals surface area contributed by atoms with Crippen LogP contribution in [0.25, 0.3) is 4.91 Å². The lowest BCUT2D eigenvalue weighted by Gasteiger charge is -2.16. The Hall–Kier alpha value is -4.40. The first-order chi connectivity index (χ1) is 16.6. The number of nitrogens with one attached hydrogen (secondary N) is 1. The average molecular weight is 468 g/mol. The summed E-state index contributed by atoms with van der Waals surface area (Å²) in [7, 11) is -1.54. The van der Waals surface area contributed by atoms with Crippen LogP contribution in [0.15, 0.2) is 66.7 Å². The number of amides is 1. The molecule has 1 aliphatic heterocycles. The molecule has 0 saturated carbocycles. The number of benzene rings is 3. The SMILES string of the molecule is N#Cc1ccc(Oc2cccc3c2CC[C@H]3Oc2ccc(C3=CC(=O)NS3=O)cc2)c(C#N)c1. The third kappa shape index (κ3) is 4.03. The van der Waals surface area contributed by atoms with Crippen LogP contribution >= 0.6 is 0 Å². The highest BCUT2D eigenvalue weighted by atomic mass is 32.2. The van der Waals surface area contributed by atoms with Crippen LogP contribution in [0.2, 0.25) is 0 Å². The fraction of sp³-hybridized carbons (Fsp3) is 0.115. The van der Waals surface area contributed by atoms with E-state index in [1.807, 2.05) is 24.3 Å². The fourth-order valence-electron chi connectivity index (χ4n) is 4.10. The number of nitrogens with zero attached hydrogens (tertiary/aromatic N) is 2. The fourth-order valence-corrected chi connectivity index (χ4v) is 5.01. The molecule has 1 aliphatic carbocycles. The van der Waals surface area contributed by atoms with Gasteiger partial charge in [-0.05, 0) is 60.4 Å². The monoisotopic (exact) mass is 467 g/mol. The van der Waals surface area contributed by atoms with Crippen molar-refractivity contribution in [3.63, 3.8) is 0 Å². The van der Waals surface area contributed by atoms with Crippen molar-refractivity contribution in [3.8, 4) is 29.4 Å². The molecule has 7 nitrogen and oxygen atoms in total. The first kappa shape index (κ1) is 21.4. The first-order valence-electron chi connectivity index (χ1n) is 10.5. The lowest BCUT2D eigenvalue weighted by atomic mass is 10.1. The van der Waals surface area contributed by atoms with Gasteiger partial charge >= 0.3 is 0 Å². The predicted octanol–water partition coefficient (Wildman–Crippen LogP) is 4.42. The van der Waals surface area contributed by atoms with Crippen molar-refractivity contribution < 1.29 is 18.5 Å². The molecule has 0 spiro atoms. The molecular formula is C26H17N3O4S. The molecule has 5 rings (SSSR count). The number of carbonyl (C=O) groups excluding carboxylic acids is 1. The number of carbonyl (C=O) groups is 1. The van der Waals surface area contributed by atoms with E-state index in [2.05, 4.69) is 10.8 Å². The van der Waals surface area contributed by atoms with Gasteiger partial charge in [-0.25, -0.2) is 4.21 Å². The Labute approximate surface area is 198 Å². The van der Waals surface area contributed by atoms with Crippen LogP contribution < -0.4 is 14.2 Å². The Morgan fingerprint density at radius 2 is 1.82 bits per heavy atom. The molecule has 1 amide bonds. The quantitative estimate of drug-likeness (QED) is 0.594. The summed E-state index contributed by atoms with van der Waals surface area (Å²) < 4.78 is 26.6. The smallest absolute Gasteiger partial charge is 0.257 e. The number of hydrogen-bond donors (Lipinski definition) is 1. The topological polar surface area (TPSA) is 112 Å². The summed E-state index contributed by atoms with van der Waals surface area (Å²) in [4.78, 5) is 11.9. The third-order valence-electron chi connectivity index (χ3n) is 5.69. The normalized spacial score (nSPS) is 18.3. The van der Waals surface area contributed by atoms with Crippen molar-refractivity contribution in [1.82, 2.24) is 4.72 Å². The van der Waals surface area contributed by atoms with Crippen LogP contribution in [-0.2, 0) is 22.2 Å². The molecule has 2 aliphatic rings. The summed E-state index contributed by atoms with van der Waals surface area (Å²) in [5.41, 5.74) is 3.44. The molecule has 1 N–H and O–H groups in total. The number of nitriles is 2. The second kappa shape index (κ2) is 8.86. The van der Waals surface area contributed by atoms with E-state index in [-0.39, 0.29) is 12.0 Å². The zero-order valence-electron chi connectivity index (χ0n) is 17.8. The van der Waals surface area contributed by atoms with Crippen LogP contribution in [0.3, 0.4) is 0 Å². The molecular weight excluding hydrogens is 450 g/mol. The van der Waals surface area contributed by atoms with E-state index >= 15 is 0 Å². The molecule has 1 heterocycles. The van der Waals surface area contributed by atoms with Crippen molar-refractivity contribution in [2.75, 3.05) is 0 Å². The van der Waals surface area contributed by atoms with Crippen LogP contribution in [0, 0.1) is 22.7 Å². The minimum absolute atomic E-state index is 0.163. The molecule has 0 saturated heterocycles. The van der Waals surface area contributed by atoms with Crippen LogP contribution in [-0.4, -0.2) is 10.1 Å². The van der Waals surface area contributed by atoms with Gasteiger partial charge in [-0.1, -0.05) is 24.3 Å². The van der Waals surface area contributed by atoms with Crippen LogP contribution in [0.4, 0.5) is 0 Å². The highest BCUT2D eigenvalue weighted by Gasteiger charge is 2.28. The lowest BCUT2D eigenvalue weighted by molar-refractivity contribution is -0.114. The van der Waals surface area contributed by atoms with Gasteiger partial charge in [0.15, 0.2) is 11.0 Å². The maximum Gasteiger partial charge on any atom is 0.257 e. The van der Waals surface area contributed by atoms with E-state index in [1.165, 1.54) is 12.1 Å². The van der Waals surface area contributed by atoms with Crippen LogP contribution in [0.5, 0.6) is 17.2 Å². The first-order valence-corrected chi connectivity index (χ1v) is 11.7. The second-order valence-electron chi connectivity index (χ2n) is 7.77. The Balaban J connectivity index is 1.35. The lowest BCUT2D eigenvalue weighted by Crippen LogP contribution is -2.16. The molecule has 3 aromatic rings. The number of ether oxygens (including phenoxy) is 2. The number of hydrogen-bond acceptors (Lipinski definition) is 6. The van der Waals surface area contributed by atoms with Crippen LogP contribution in [0.1, 0.15) is 40.3 Å². The van der Waals surface area contributed by atoms with E-state index in [0.717, 1.165) is 24.0 Å². The summed E-state index contributed by atoms with van der Waals surface area (Å²) in [6.07, 6.45) is 2.70. The van der Waals surface area contributed by atoms with Gasteiger partial charge in [0, 0.05) is 11.6 Å². The molecule has 166 valence electrons. The Morgan fingerprint density at radius 3 is 2.53 bits per heavy atom. The van der Waals surface area contributed by atoms with Crippen molar-refractivity contribution in [1.29, 1.82) is 10.5 Å². The Morgan fingerprint density at radius 1 is 1.00 bits per heavy atom. The molecule has 0 bridgehead atoms. The van der Waals surface area contributed by atoms with Crippen molar-refractivity contribution in [2.45, 2.75) is 18.9 Å². The molecule has 8 heteroatoms. The zero-order valence-corrected chi connectivity index (χ0v) is 18.6. The summed E-state index contributed by atoms with van der Waals surface area (Å²) in [6.45, 7) is 0. The van der Waals surface area contributed by atoms with Gasteiger partial charge < -0.3 is 9.47 Å². The highest BCUT2D eigenvalue weighted by molar-refractivity contribution is 7.93. The minimum atomic E-state index is -1.54. The molecule has 1 unspecified atom stereocenters. The molecule has 0 aromatic heterocycles. The van der Waals surface area contributed by atoms with E-state index in [1.54, 1.807) is 36.4 Å². The standard InChI is InChI=1S/C26H17N3O4S/c27-14-16-4-10-22(18(12-16)15-28)33-23-3-1-2-20-21(23)9-11-24(20)32-19-7-5-17(6-8-19)25-13-26(30)29-34(25)31/h1-8,10,12-13,24H,9,11H2,(H,29,30)/t24-,34?/m1/s1. The van der Waals surface area contributed by atoms with Crippen molar-refractivity contribution in [2.24, 2.45) is 0 Å². The van der Waals surface area contributed by atoms with Gasteiger partial charge in [0.05, 0.1) is 22.1 Å². The maximum atomic E-state index is 12.0. The van der Waals surface area contributed by atoms with Gasteiger partial charge in [-0.2, -0.15) is 10.5 Å². The number of fused-ring (bicyclic) bond motifs is 1. The Kier molecular flexibility index (Phi) is 5.59. The minimum Gasteiger partial charge on any atom is -0.486 e. The highest BCUT2D eigenvalue weighted by Crippen LogP contribution is 2.41. The molecule has 0 radical (unpaired) electrons. The van der Waals surface area contributed by atoms with Crippen molar-refractivity contribution in [3.05, 3.63) is 94.6 Å². The second-order valence-corrected chi connectivity index (χ2v) is 8.96. The van der Waals surface area contributed by atoms with Gasteiger partial charge in [-0.3, -0.25) is 9.52 Å². The Bertz CT molecular complexity index is 1450. The third-order valence-corrected chi connectivity index (χ3v) is 6.83. The van der Waals surface area contributed by atoms with Gasteiger partial charge in [0.25, 0.3) is 5.91 Å². The maximum absolute atomic E-state index is 12.0. The molecule has 2 atom stereocenters. The summed E-state index contributed by atoms with van der Waals surface area (Å²) in [6, 6.07) is 21.8. The zero-order chi connectivity index (χ0) is 23.7. The van der Waals surface area contributed by atoms with E-state index in [9.17, 15) is 14.3 Å². The van der Waals surface area contributed by atoms with E-state index < -0.39 is 11.0 Å². The summed E-state index contributed by atoms with van der Waals surface area (Å²) >= 11 is 0. The average Bonchev–Trinajstić information content (AvgIpc) is 3.42. The molecule has 3 aromatic carbocycles. The molecule has 0 fully saturated rings. The van der Waals surface area contributed by atoms with Gasteiger partial charge in [-0.15, -0.1) is 0 Å². The number of rotatable bonds is 5. The summed E-state index contributed by atoms with van der Waals surface area (Å²) in [5, 5.41) is 18.5.